The van der Waals surface area contributed by atoms with Gasteiger partial charge in [-0.3, -0.25) is 19.9 Å². The predicted octanol–water partition coefficient (Wildman–Crippen LogP) is 1.83. The van der Waals surface area contributed by atoms with Crippen LogP contribution in [0.2, 0.25) is 0 Å². The van der Waals surface area contributed by atoms with Gasteiger partial charge in [-0.15, -0.1) is 0 Å². The Hall–Kier alpha value is -3.29. The minimum absolute atomic E-state index is 0.0319. The van der Waals surface area contributed by atoms with E-state index in [2.05, 4.69) is 15.5 Å². The molecule has 0 saturated heterocycles. The maximum atomic E-state index is 11.6. The molecule has 1 aromatic carbocycles. The van der Waals surface area contributed by atoms with Crippen molar-refractivity contribution in [1.29, 1.82) is 0 Å². The van der Waals surface area contributed by atoms with Gasteiger partial charge in [0.15, 0.2) is 12.4 Å². The van der Waals surface area contributed by atoms with Crippen molar-refractivity contribution in [2.75, 3.05) is 6.61 Å². The van der Waals surface area contributed by atoms with E-state index in [0.29, 0.717) is 5.69 Å². The third-order valence-corrected chi connectivity index (χ3v) is 2.74. The van der Waals surface area contributed by atoms with Crippen molar-refractivity contribution in [3.8, 4) is 5.75 Å². The molecule has 1 heterocycles. The second-order valence-electron chi connectivity index (χ2n) is 4.56. The van der Waals surface area contributed by atoms with Gasteiger partial charge in [0.2, 0.25) is 0 Å². The van der Waals surface area contributed by atoms with Crippen LogP contribution in [0.25, 0.3) is 0 Å². The molecular formula is C15H14N4O4. The number of carbonyl (C=O) groups is 1. The van der Waals surface area contributed by atoms with E-state index in [4.69, 9.17) is 4.74 Å². The number of nitrogens with one attached hydrogen (secondary N) is 1. The van der Waals surface area contributed by atoms with Gasteiger partial charge < -0.3 is 4.74 Å². The molecule has 0 aliphatic rings. The first-order chi connectivity index (χ1) is 11.1. The SMILES string of the molecule is Cc1ccc(OCC(=O)N/N=C/c2ccccn2)c([N+](=O)[O-])c1. The molecule has 0 atom stereocenters. The fraction of sp³-hybridized carbons (Fsp3) is 0.133. The Morgan fingerprint density at radius 1 is 1.43 bits per heavy atom. The number of rotatable bonds is 6. The Morgan fingerprint density at radius 3 is 2.96 bits per heavy atom. The van der Waals surface area contributed by atoms with E-state index in [1.54, 1.807) is 37.4 Å². The Kier molecular flexibility index (Phi) is 5.35. The number of hydrogen-bond donors (Lipinski definition) is 1. The first-order valence-corrected chi connectivity index (χ1v) is 6.67. The number of hydrazone groups is 1. The molecule has 2 rings (SSSR count). The standard InChI is InChI=1S/C15H14N4O4/c1-11-5-6-14(13(8-11)19(21)22)23-10-15(20)18-17-9-12-4-2-3-7-16-12/h2-9H,10H2,1H3,(H,18,20)/b17-9+. The van der Waals surface area contributed by atoms with Crippen molar-refractivity contribution in [3.63, 3.8) is 0 Å². The second kappa shape index (κ2) is 7.64. The zero-order valence-electron chi connectivity index (χ0n) is 12.3. The van der Waals surface area contributed by atoms with Crippen LogP contribution in [0.4, 0.5) is 5.69 Å². The third-order valence-electron chi connectivity index (χ3n) is 2.74. The van der Waals surface area contributed by atoms with E-state index in [9.17, 15) is 14.9 Å². The lowest BCUT2D eigenvalue weighted by Crippen LogP contribution is -2.24. The summed E-state index contributed by atoms with van der Waals surface area (Å²) in [6, 6.07) is 9.78. The summed E-state index contributed by atoms with van der Waals surface area (Å²) < 4.78 is 5.17. The number of hydrogen-bond acceptors (Lipinski definition) is 6. The van der Waals surface area contributed by atoms with Gasteiger partial charge in [0.25, 0.3) is 5.91 Å². The average Bonchev–Trinajstić information content (AvgIpc) is 2.54. The van der Waals surface area contributed by atoms with Gasteiger partial charge in [-0.2, -0.15) is 5.10 Å². The van der Waals surface area contributed by atoms with Gasteiger partial charge in [-0.1, -0.05) is 12.1 Å². The molecule has 118 valence electrons. The Balaban J connectivity index is 1.90. The zero-order valence-corrected chi connectivity index (χ0v) is 12.3. The minimum Gasteiger partial charge on any atom is -0.477 e. The van der Waals surface area contributed by atoms with Crippen molar-refractivity contribution in [2.24, 2.45) is 5.10 Å². The normalized spacial score (nSPS) is 10.5. The number of nitrogens with zero attached hydrogens (tertiary/aromatic N) is 3. The first kappa shape index (κ1) is 16.1. The van der Waals surface area contributed by atoms with Crippen LogP contribution in [0.1, 0.15) is 11.3 Å². The first-order valence-electron chi connectivity index (χ1n) is 6.67. The molecule has 1 N–H and O–H groups in total. The second-order valence-corrected chi connectivity index (χ2v) is 4.56. The van der Waals surface area contributed by atoms with E-state index in [1.807, 2.05) is 0 Å². The summed E-state index contributed by atoms with van der Waals surface area (Å²) in [5.74, 6) is -0.503. The van der Waals surface area contributed by atoms with Gasteiger partial charge >= 0.3 is 5.69 Å². The van der Waals surface area contributed by atoms with Crippen LogP contribution in [-0.2, 0) is 4.79 Å². The van der Waals surface area contributed by atoms with Gasteiger partial charge in [-0.25, -0.2) is 5.43 Å². The molecule has 23 heavy (non-hydrogen) atoms. The smallest absolute Gasteiger partial charge is 0.311 e. The molecule has 0 unspecified atom stereocenters. The quantitative estimate of drug-likeness (QED) is 0.497. The maximum Gasteiger partial charge on any atom is 0.311 e. The van der Waals surface area contributed by atoms with Crippen molar-refractivity contribution < 1.29 is 14.5 Å². The fourth-order valence-corrected chi connectivity index (χ4v) is 1.69. The maximum absolute atomic E-state index is 11.6. The highest BCUT2D eigenvalue weighted by molar-refractivity contribution is 5.81. The average molecular weight is 314 g/mol. The minimum atomic E-state index is -0.556. The Bertz CT molecular complexity index is 732. The molecule has 2 aromatic rings. The number of nitro groups is 1. The largest absolute Gasteiger partial charge is 0.477 e. The lowest BCUT2D eigenvalue weighted by Gasteiger charge is -2.06. The van der Waals surface area contributed by atoms with E-state index >= 15 is 0 Å². The van der Waals surface area contributed by atoms with Gasteiger partial charge in [0.05, 0.1) is 16.8 Å². The highest BCUT2D eigenvalue weighted by Crippen LogP contribution is 2.27. The topological polar surface area (TPSA) is 107 Å². The number of ether oxygens (including phenoxy) is 1. The van der Waals surface area contributed by atoms with Crippen molar-refractivity contribution in [2.45, 2.75) is 6.92 Å². The molecule has 1 amide bonds. The van der Waals surface area contributed by atoms with E-state index in [1.165, 1.54) is 18.3 Å². The van der Waals surface area contributed by atoms with Gasteiger partial charge in [-0.05, 0) is 30.7 Å². The van der Waals surface area contributed by atoms with Crippen LogP contribution < -0.4 is 10.2 Å². The van der Waals surface area contributed by atoms with Gasteiger partial charge in [0.1, 0.15) is 0 Å². The number of pyridine rings is 1. The Morgan fingerprint density at radius 2 is 2.26 bits per heavy atom. The lowest BCUT2D eigenvalue weighted by molar-refractivity contribution is -0.385. The predicted molar refractivity (Wildman–Crippen MR) is 83.3 cm³/mol. The molecule has 0 aliphatic heterocycles. The summed E-state index contributed by atoms with van der Waals surface area (Å²) in [5, 5.41) is 14.7. The van der Waals surface area contributed by atoms with Crippen molar-refractivity contribution in [3.05, 3.63) is 64.0 Å². The monoisotopic (exact) mass is 314 g/mol. The molecule has 8 heteroatoms. The number of amides is 1. The molecule has 0 radical (unpaired) electrons. The van der Waals surface area contributed by atoms with Crippen LogP contribution >= 0.6 is 0 Å². The molecule has 0 spiro atoms. The summed E-state index contributed by atoms with van der Waals surface area (Å²) in [6.45, 7) is 1.35. The molecule has 1 aromatic heterocycles. The molecular weight excluding hydrogens is 300 g/mol. The lowest BCUT2D eigenvalue weighted by atomic mass is 10.2. The number of nitro benzene ring substituents is 1. The van der Waals surface area contributed by atoms with Crippen LogP contribution in [0.3, 0.4) is 0 Å². The summed E-state index contributed by atoms with van der Waals surface area (Å²) in [5.41, 5.74) is 3.39. The molecule has 0 bridgehead atoms. The molecule has 0 aliphatic carbocycles. The van der Waals surface area contributed by atoms with Crippen molar-refractivity contribution in [1.82, 2.24) is 10.4 Å². The number of benzene rings is 1. The van der Waals surface area contributed by atoms with E-state index < -0.39 is 10.8 Å². The molecule has 0 fully saturated rings. The molecule has 8 nitrogen and oxygen atoms in total. The summed E-state index contributed by atoms with van der Waals surface area (Å²) in [4.78, 5) is 26.0. The highest BCUT2D eigenvalue weighted by Gasteiger charge is 2.16. The number of aromatic nitrogens is 1. The third kappa shape index (κ3) is 4.88. The zero-order chi connectivity index (χ0) is 16.7. The van der Waals surface area contributed by atoms with Crippen LogP contribution in [0.15, 0.2) is 47.7 Å². The summed E-state index contributed by atoms with van der Waals surface area (Å²) in [6.07, 6.45) is 2.98. The van der Waals surface area contributed by atoms with Crippen LogP contribution in [0.5, 0.6) is 5.75 Å². The highest BCUT2D eigenvalue weighted by atomic mass is 16.6. The Labute approximate surface area is 132 Å². The van der Waals surface area contributed by atoms with Crippen LogP contribution in [-0.4, -0.2) is 28.6 Å². The summed E-state index contributed by atoms with van der Waals surface area (Å²) >= 11 is 0. The number of carbonyl (C=O) groups excluding carboxylic acids is 1. The van der Waals surface area contributed by atoms with Crippen molar-refractivity contribution >= 4 is 17.8 Å². The van der Waals surface area contributed by atoms with Crippen LogP contribution in [0, 0.1) is 17.0 Å². The van der Waals surface area contributed by atoms with Gasteiger partial charge in [0, 0.05) is 12.3 Å². The molecule has 0 saturated carbocycles. The summed E-state index contributed by atoms with van der Waals surface area (Å²) in [7, 11) is 0. The van der Waals surface area contributed by atoms with E-state index in [0.717, 1.165) is 5.56 Å². The fourth-order valence-electron chi connectivity index (χ4n) is 1.69. The van der Waals surface area contributed by atoms with E-state index in [-0.39, 0.29) is 18.0 Å². The number of aryl methyl sites for hydroxylation is 1.